The van der Waals surface area contributed by atoms with Gasteiger partial charge in [-0.05, 0) is 29.3 Å². The van der Waals surface area contributed by atoms with E-state index in [1.54, 1.807) is 5.41 Å². The van der Waals surface area contributed by atoms with Gasteiger partial charge < -0.3 is 0 Å². The molecule has 24 heavy (non-hydrogen) atoms. The monoisotopic (exact) mass is 333 g/mol. The zero-order chi connectivity index (χ0) is 16.7. The highest BCUT2D eigenvalue weighted by Gasteiger charge is 2.08. The molecule has 0 saturated heterocycles. The van der Waals surface area contributed by atoms with Gasteiger partial charge in [-0.25, -0.2) is 8.57 Å². The first kappa shape index (κ1) is 16.2. The third kappa shape index (κ3) is 4.21. The van der Waals surface area contributed by atoms with Gasteiger partial charge in [0.1, 0.15) is 0 Å². The second kappa shape index (κ2) is 7.75. The lowest BCUT2D eigenvalue weighted by Crippen LogP contribution is -1.97. The molecular formula is C21H19NOS. The second-order valence-electron chi connectivity index (χ2n) is 5.37. The third-order valence-corrected chi connectivity index (χ3v) is 5.57. The Morgan fingerprint density at radius 3 is 1.92 bits per heavy atom. The molecule has 0 aliphatic rings. The minimum Gasteiger partial charge on any atom is -0.240 e. The number of rotatable bonds is 5. The summed E-state index contributed by atoms with van der Waals surface area (Å²) >= 11 is 0. The van der Waals surface area contributed by atoms with Crippen molar-refractivity contribution in [1.82, 2.24) is 0 Å². The fourth-order valence-electron chi connectivity index (χ4n) is 2.30. The van der Waals surface area contributed by atoms with Gasteiger partial charge in [0, 0.05) is 5.41 Å². The molecular weight excluding hydrogens is 314 g/mol. The Bertz CT molecular complexity index is 910. The Balaban J connectivity index is 1.98. The van der Waals surface area contributed by atoms with Crippen LogP contribution in [-0.2, 0) is 16.3 Å². The minimum absolute atomic E-state index is 0.424. The van der Waals surface area contributed by atoms with Crippen LogP contribution in [0.3, 0.4) is 0 Å². The number of hydrogen-bond donors (Lipinski definition) is 0. The molecule has 3 aromatic rings. The summed E-state index contributed by atoms with van der Waals surface area (Å²) in [7, 11) is -2.62. The van der Waals surface area contributed by atoms with Crippen LogP contribution in [0.1, 0.15) is 11.1 Å². The average molecular weight is 333 g/mol. The van der Waals surface area contributed by atoms with Crippen molar-refractivity contribution in [2.24, 2.45) is 4.36 Å². The highest BCUT2D eigenvalue weighted by molar-refractivity contribution is 7.96. The highest BCUT2D eigenvalue weighted by atomic mass is 32.2. The SMILES string of the molecule is O=S(/C=C/c1ccccc1)(=NCc1ccccc1)c1ccccc1. The van der Waals surface area contributed by atoms with E-state index in [0.717, 1.165) is 16.0 Å². The molecule has 0 aliphatic carbocycles. The predicted octanol–water partition coefficient (Wildman–Crippen LogP) is 5.38. The summed E-state index contributed by atoms with van der Waals surface area (Å²) in [6.07, 6.45) is 1.88. The molecule has 1 atom stereocenters. The van der Waals surface area contributed by atoms with Crippen molar-refractivity contribution in [2.75, 3.05) is 0 Å². The molecule has 0 aromatic heterocycles. The molecule has 3 aromatic carbocycles. The van der Waals surface area contributed by atoms with Gasteiger partial charge in [-0.1, -0.05) is 78.9 Å². The quantitative estimate of drug-likeness (QED) is 0.616. The molecule has 2 nitrogen and oxygen atoms in total. The molecule has 0 aliphatic heterocycles. The highest BCUT2D eigenvalue weighted by Crippen LogP contribution is 2.18. The molecule has 120 valence electrons. The normalized spacial score (nSPS) is 13.5. The van der Waals surface area contributed by atoms with E-state index in [-0.39, 0.29) is 0 Å². The van der Waals surface area contributed by atoms with Crippen molar-refractivity contribution >= 4 is 15.8 Å². The number of nitrogens with zero attached hydrogens (tertiary/aromatic N) is 1. The van der Waals surface area contributed by atoms with Crippen LogP contribution in [0.2, 0.25) is 0 Å². The average Bonchev–Trinajstić information content (AvgIpc) is 2.67. The van der Waals surface area contributed by atoms with Gasteiger partial charge in [0.05, 0.1) is 21.2 Å². The van der Waals surface area contributed by atoms with Gasteiger partial charge in [-0.3, -0.25) is 0 Å². The zero-order valence-electron chi connectivity index (χ0n) is 13.3. The molecule has 0 heterocycles. The summed E-state index contributed by atoms with van der Waals surface area (Å²) in [5, 5.41) is 1.72. The lowest BCUT2D eigenvalue weighted by molar-refractivity contribution is 0.680. The lowest BCUT2D eigenvalue weighted by Gasteiger charge is -2.06. The fourth-order valence-corrected chi connectivity index (χ4v) is 3.92. The standard InChI is InChI=1S/C21H19NOS/c23-24(21-14-8-3-9-15-21,17-16-19-10-4-1-5-11-19)22-18-20-12-6-2-7-13-20/h1-17H,18H2/b17-16+. The van der Waals surface area contributed by atoms with E-state index in [4.69, 9.17) is 0 Å². The van der Waals surface area contributed by atoms with Crippen LogP contribution in [0.5, 0.6) is 0 Å². The molecule has 0 N–H and O–H groups in total. The summed E-state index contributed by atoms with van der Waals surface area (Å²) in [5.41, 5.74) is 2.06. The maximum Gasteiger partial charge on any atom is 0.0972 e. The largest absolute Gasteiger partial charge is 0.240 e. The molecule has 3 heteroatoms. The molecule has 0 bridgehead atoms. The number of hydrogen-bond acceptors (Lipinski definition) is 2. The predicted molar refractivity (Wildman–Crippen MR) is 101 cm³/mol. The summed E-state index contributed by atoms with van der Waals surface area (Å²) in [6, 6.07) is 29.2. The Morgan fingerprint density at radius 1 is 0.750 bits per heavy atom. The Labute approximate surface area is 143 Å². The van der Waals surface area contributed by atoms with Crippen molar-refractivity contribution in [2.45, 2.75) is 11.4 Å². The van der Waals surface area contributed by atoms with Gasteiger partial charge in [-0.2, -0.15) is 0 Å². The van der Waals surface area contributed by atoms with Gasteiger partial charge in [-0.15, -0.1) is 0 Å². The molecule has 0 saturated carbocycles. The lowest BCUT2D eigenvalue weighted by atomic mass is 10.2. The summed E-state index contributed by atoms with van der Waals surface area (Å²) in [5.74, 6) is 0. The zero-order valence-corrected chi connectivity index (χ0v) is 14.1. The molecule has 0 amide bonds. The maximum atomic E-state index is 13.5. The van der Waals surface area contributed by atoms with Crippen LogP contribution in [0.15, 0.2) is 106 Å². The van der Waals surface area contributed by atoms with E-state index >= 15 is 0 Å². The molecule has 0 spiro atoms. The Hall–Kier alpha value is -2.65. The van der Waals surface area contributed by atoms with Crippen LogP contribution in [-0.4, -0.2) is 4.21 Å². The van der Waals surface area contributed by atoms with Crippen molar-refractivity contribution in [3.63, 3.8) is 0 Å². The van der Waals surface area contributed by atoms with E-state index in [1.165, 1.54) is 0 Å². The first-order chi connectivity index (χ1) is 11.8. The van der Waals surface area contributed by atoms with Gasteiger partial charge in [0.25, 0.3) is 0 Å². The van der Waals surface area contributed by atoms with E-state index in [2.05, 4.69) is 4.36 Å². The van der Waals surface area contributed by atoms with Crippen LogP contribution in [0.25, 0.3) is 6.08 Å². The van der Waals surface area contributed by atoms with Crippen molar-refractivity contribution in [3.05, 3.63) is 108 Å². The Morgan fingerprint density at radius 2 is 1.29 bits per heavy atom. The van der Waals surface area contributed by atoms with E-state index in [9.17, 15) is 4.21 Å². The third-order valence-electron chi connectivity index (χ3n) is 3.61. The van der Waals surface area contributed by atoms with Gasteiger partial charge in [0.15, 0.2) is 0 Å². The molecule has 0 fully saturated rings. The second-order valence-corrected chi connectivity index (χ2v) is 7.51. The van der Waals surface area contributed by atoms with E-state index in [0.29, 0.717) is 6.54 Å². The van der Waals surface area contributed by atoms with E-state index < -0.39 is 9.73 Å². The van der Waals surface area contributed by atoms with Crippen molar-refractivity contribution in [1.29, 1.82) is 0 Å². The number of benzene rings is 3. The molecule has 0 radical (unpaired) electrons. The maximum absolute atomic E-state index is 13.5. The topological polar surface area (TPSA) is 29.4 Å². The van der Waals surface area contributed by atoms with Gasteiger partial charge >= 0.3 is 0 Å². The van der Waals surface area contributed by atoms with Crippen LogP contribution in [0.4, 0.5) is 0 Å². The van der Waals surface area contributed by atoms with Crippen molar-refractivity contribution in [3.8, 4) is 0 Å². The molecule has 3 rings (SSSR count). The smallest absolute Gasteiger partial charge is 0.0972 e. The van der Waals surface area contributed by atoms with E-state index in [1.807, 2.05) is 97.1 Å². The van der Waals surface area contributed by atoms with Gasteiger partial charge in [0.2, 0.25) is 0 Å². The van der Waals surface area contributed by atoms with Crippen molar-refractivity contribution < 1.29 is 4.21 Å². The van der Waals surface area contributed by atoms with Crippen LogP contribution >= 0.6 is 0 Å². The summed E-state index contributed by atoms with van der Waals surface area (Å²) in [4.78, 5) is 0.730. The minimum atomic E-state index is -2.62. The summed E-state index contributed by atoms with van der Waals surface area (Å²) < 4.78 is 18.0. The Kier molecular flexibility index (Phi) is 5.24. The first-order valence-corrected chi connectivity index (χ1v) is 9.39. The van der Waals surface area contributed by atoms with Crippen LogP contribution in [0, 0.1) is 0 Å². The first-order valence-electron chi connectivity index (χ1n) is 7.81. The van der Waals surface area contributed by atoms with Crippen LogP contribution < -0.4 is 0 Å². The fraction of sp³-hybridized carbons (Fsp3) is 0.0476. The summed E-state index contributed by atoms with van der Waals surface area (Å²) in [6.45, 7) is 0.424. The molecule has 1 unspecified atom stereocenters.